The van der Waals surface area contributed by atoms with Crippen molar-refractivity contribution >= 4 is 23.2 Å². The molecule has 0 radical (unpaired) electrons. The number of para-hydroxylation sites is 2. The SMILES string of the molecule is C[C@@H](NCc1ccccc1CN1CCOCC1)C(=O)N1CC(=O)Nc2ccccc21. The Balaban J connectivity index is 1.41. The summed E-state index contributed by atoms with van der Waals surface area (Å²) in [6, 6.07) is 15.3. The lowest BCUT2D eigenvalue weighted by Gasteiger charge is -2.31. The highest BCUT2D eigenvalue weighted by Crippen LogP contribution is 2.29. The van der Waals surface area contributed by atoms with Crippen LogP contribution in [0.15, 0.2) is 48.5 Å². The van der Waals surface area contributed by atoms with Crippen LogP contribution in [0.4, 0.5) is 11.4 Å². The van der Waals surface area contributed by atoms with Crippen LogP contribution in [0.1, 0.15) is 18.1 Å². The maximum Gasteiger partial charge on any atom is 0.244 e. The molecule has 7 heteroatoms. The quantitative estimate of drug-likeness (QED) is 0.765. The maximum absolute atomic E-state index is 13.1. The van der Waals surface area contributed by atoms with E-state index in [0.717, 1.165) is 38.5 Å². The van der Waals surface area contributed by atoms with E-state index in [2.05, 4.69) is 33.7 Å². The van der Waals surface area contributed by atoms with Gasteiger partial charge < -0.3 is 15.4 Å². The molecule has 0 saturated carbocycles. The number of nitrogens with one attached hydrogen (secondary N) is 2. The minimum absolute atomic E-state index is 0.0372. The Kier molecular flexibility index (Phi) is 6.42. The third-order valence-corrected chi connectivity index (χ3v) is 5.62. The van der Waals surface area contributed by atoms with E-state index in [1.54, 1.807) is 4.90 Å². The largest absolute Gasteiger partial charge is 0.379 e. The van der Waals surface area contributed by atoms with Crippen LogP contribution in [0, 0.1) is 0 Å². The summed E-state index contributed by atoms with van der Waals surface area (Å²) < 4.78 is 5.44. The number of nitrogens with zero attached hydrogens (tertiary/aromatic N) is 2. The van der Waals surface area contributed by atoms with E-state index in [0.29, 0.717) is 12.2 Å². The van der Waals surface area contributed by atoms with E-state index in [1.807, 2.05) is 37.3 Å². The molecule has 2 aliphatic rings. The zero-order valence-electron chi connectivity index (χ0n) is 17.3. The minimum atomic E-state index is -0.416. The second-order valence-corrected chi connectivity index (χ2v) is 7.75. The number of anilines is 2. The summed E-state index contributed by atoms with van der Waals surface area (Å²) in [6.45, 7) is 6.78. The van der Waals surface area contributed by atoms with Gasteiger partial charge in [0.15, 0.2) is 0 Å². The van der Waals surface area contributed by atoms with Gasteiger partial charge in [0.25, 0.3) is 0 Å². The van der Waals surface area contributed by atoms with E-state index in [4.69, 9.17) is 4.74 Å². The Labute approximate surface area is 177 Å². The highest BCUT2D eigenvalue weighted by molar-refractivity contribution is 6.11. The molecule has 1 fully saturated rings. The van der Waals surface area contributed by atoms with Gasteiger partial charge >= 0.3 is 0 Å². The van der Waals surface area contributed by atoms with Crippen LogP contribution in [-0.2, 0) is 27.4 Å². The van der Waals surface area contributed by atoms with Gasteiger partial charge in [-0.3, -0.25) is 19.4 Å². The Bertz CT molecular complexity index is 911. The predicted octanol–water partition coefficient (Wildman–Crippen LogP) is 1.98. The molecular formula is C23H28N4O3. The Morgan fingerprint density at radius 2 is 1.80 bits per heavy atom. The first-order chi connectivity index (χ1) is 14.6. The average molecular weight is 409 g/mol. The summed E-state index contributed by atoms with van der Waals surface area (Å²) in [6.07, 6.45) is 0. The summed E-state index contributed by atoms with van der Waals surface area (Å²) in [5.74, 6) is -0.284. The molecule has 2 heterocycles. The van der Waals surface area contributed by atoms with Gasteiger partial charge in [0.1, 0.15) is 6.54 Å². The van der Waals surface area contributed by atoms with Crippen molar-refractivity contribution in [2.45, 2.75) is 26.1 Å². The van der Waals surface area contributed by atoms with Gasteiger partial charge in [0, 0.05) is 26.2 Å². The molecular weight excluding hydrogens is 380 g/mol. The molecule has 0 bridgehead atoms. The predicted molar refractivity (Wildman–Crippen MR) is 116 cm³/mol. The van der Waals surface area contributed by atoms with Crippen molar-refractivity contribution in [3.63, 3.8) is 0 Å². The zero-order valence-corrected chi connectivity index (χ0v) is 17.3. The van der Waals surface area contributed by atoms with Crippen LogP contribution in [0.3, 0.4) is 0 Å². The third-order valence-electron chi connectivity index (χ3n) is 5.62. The van der Waals surface area contributed by atoms with Crippen molar-refractivity contribution in [2.75, 3.05) is 43.1 Å². The van der Waals surface area contributed by atoms with Gasteiger partial charge in [-0.05, 0) is 30.2 Å². The van der Waals surface area contributed by atoms with Gasteiger partial charge in [-0.1, -0.05) is 36.4 Å². The molecule has 30 heavy (non-hydrogen) atoms. The average Bonchev–Trinajstić information content (AvgIpc) is 2.78. The summed E-state index contributed by atoms with van der Waals surface area (Å²) in [5.41, 5.74) is 3.85. The van der Waals surface area contributed by atoms with Gasteiger partial charge in [0.05, 0.1) is 30.6 Å². The second-order valence-electron chi connectivity index (χ2n) is 7.75. The number of carbonyl (C=O) groups excluding carboxylic acids is 2. The molecule has 0 spiro atoms. The smallest absolute Gasteiger partial charge is 0.244 e. The van der Waals surface area contributed by atoms with E-state index < -0.39 is 6.04 Å². The van der Waals surface area contributed by atoms with Crippen molar-refractivity contribution in [1.82, 2.24) is 10.2 Å². The molecule has 4 rings (SSSR count). The normalized spacial score (nSPS) is 17.9. The van der Waals surface area contributed by atoms with Gasteiger partial charge in [-0.25, -0.2) is 0 Å². The van der Waals surface area contributed by atoms with Crippen molar-refractivity contribution in [3.05, 3.63) is 59.7 Å². The van der Waals surface area contributed by atoms with Gasteiger partial charge in [-0.15, -0.1) is 0 Å². The lowest BCUT2D eigenvalue weighted by atomic mass is 10.1. The van der Waals surface area contributed by atoms with Gasteiger partial charge in [0.2, 0.25) is 11.8 Å². The van der Waals surface area contributed by atoms with Crippen LogP contribution < -0.4 is 15.5 Å². The van der Waals surface area contributed by atoms with E-state index in [1.165, 1.54) is 11.1 Å². The number of hydrogen-bond donors (Lipinski definition) is 2. The van der Waals surface area contributed by atoms with Crippen LogP contribution in [0.25, 0.3) is 0 Å². The third kappa shape index (κ3) is 4.70. The minimum Gasteiger partial charge on any atom is -0.379 e. The number of hydrogen-bond acceptors (Lipinski definition) is 5. The first-order valence-corrected chi connectivity index (χ1v) is 10.4. The Hall–Kier alpha value is -2.74. The molecule has 7 nitrogen and oxygen atoms in total. The van der Waals surface area contributed by atoms with Crippen molar-refractivity contribution in [2.24, 2.45) is 0 Å². The van der Waals surface area contributed by atoms with Crippen molar-refractivity contribution in [1.29, 1.82) is 0 Å². The number of morpholine rings is 1. The fourth-order valence-corrected chi connectivity index (χ4v) is 3.90. The molecule has 2 aromatic rings. The zero-order chi connectivity index (χ0) is 20.9. The second kappa shape index (κ2) is 9.38. The van der Waals surface area contributed by atoms with E-state index >= 15 is 0 Å². The molecule has 158 valence electrons. The summed E-state index contributed by atoms with van der Waals surface area (Å²) in [5, 5.41) is 6.17. The molecule has 0 aromatic heterocycles. The fraction of sp³-hybridized carbons (Fsp3) is 0.391. The van der Waals surface area contributed by atoms with Crippen LogP contribution >= 0.6 is 0 Å². The molecule has 1 saturated heterocycles. The number of rotatable bonds is 6. The first kappa shape index (κ1) is 20.5. The Morgan fingerprint density at radius 1 is 1.10 bits per heavy atom. The number of amides is 2. The van der Waals surface area contributed by atoms with Crippen molar-refractivity contribution < 1.29 is 14.3 Å². The molecule has 0 aliphatic carbocycles. The lowest BCUT2D eigenvalue weighted by molar-refractivity contribution is -0.123. The molecule has 2 aromatic carbocycles. The van der Waals surface area contributed by atoms with Crippen molar-refractivity contribution in [3.8, 4) is 0 Å². The number of benzene rings is 2. The highest BCUT2D eigenvalue weighted by Gasteiger charge is 2.29. The number of carbonyl (C=O) groups is 2. The number of ether oxygens (including phenoxy) is 1. The number of fused-ring (bicyclic) bond motifs is 1. The van der Waals surface area contributed by atoms with Crippen LogP contribution in [-0.4, -0.2) is 55.6 Å². The summed E-state index contributed by atoms with van der Waals surface area (Å²) in [7, 11) is 0. The monoisotopic (exact) mass is 408 g/mol. The standard InChI is InChI=1S/C23H28N4O3/c1-17(23(29)27-16-22(28)25-20-8-4-5-9-21(20)27)24-14-18-6-2-3-7-19(18)15-26-10-12-30-13-11-26/h2-9,17,24H,10-16H2,1H3,(H,25,28)/t17-/m1/s1. The topological polar surface area (TPSA) is 73.9 Å². The molecule has 2 N–H and O–H groups in total. The van der Waals surface area contributed by atoms with Gasteiger partial charge in [-0.2, -0.15) is 0 Å². The Morgan fingerprint density at radius 3 is 2.60 bits per heavy atom. The van der Waals surface area contributed by atoms with Crippen LogP contribution in [0.5, 0.6) is 0 Å². The lowest BCUT2D eigenvalue weighted by Crippen LogP contribution is -2.49. The summed E-state index contributed by atoms with van der Waals surface area (Å²) >= 11 is 0. The molecule has 1 atom stereocenters. The molecule has 2 aliphatic heterocycles. The first-order valence-electron chi connectivity index (χ1n) is 10.4. The maximum atomic E-state index is 13.1. The fourth-order valence-electron chi connectivity index (χ4n) is 3.90. The molecule has 2 amide bonds. The van der Waals surface area contributed by atoms with E-state index in [-0.39, 0.29) is 18.4 Å². The van der Waals surface area contributed by atoms with E-state index in [9.17, 15) is 9.59 Å². The highest BCUT2D eigenvalue weighted by atomic mass is 16.5. The molecule has 0 unspecified atom stereocenters. The summed E-state index contributed by atoms with van der Waals surface area (Å²) in [4.78, 5) is 29.1. The van der Waals surface area contributed by atoms with Crippen LogP contribution in [0.2, 0.25) is 0 Å².